The number of nitrogens with two attached hydrogens (primary N) is 1. The van der Waals surface area contributed by atoms with Crippen molar-refractivity contribution in [2.75, 3.05) is 11.1 Å². The lowest BCUT2D eigenvalue weighted by Gasteiger charge is -2.08. The number of rotatable bonds is 2. The second-order valence-electron chi connectivity index (χ2n) is 4.19. The fourth-order valence-electron chi connectivity index (χ4n) is 1.81. The van der Waals surface area contributed by atoms with Gasteiger partial charge in [-0.25, -0.2) is 4.39 Å². The van der Waals surface area contributed by atoms with Gasteiger partial charge in [-0.05, 0) is 30.3 Å². The van der Waals surface area contributed by atoms with Crippen LogP contribution in [0.15, 0.2) is 36.4 Å². The Morgan fingerprint density at radius 1 is 1.00 bits per heavy atom. The standard InChI is InChI=1S/C13H9F3N2O2/c14-9-5-7(17)1-3-10(9)18-8-2-4-11-12(6-8)20-13(15,16)19-11/h1-6,18H,17H2. The van der Waals surface area contributed by atoms with Gasteiger partial charge in [-0.3, -0.25) is 0 Å². The number of nitrogens with one attached hydrogen (secondary N) is 1. The summed E-state index contributed by atoms with van der Waals surface area (Å²) in [7, 11) is 0. The Bertz CT molecular complexity index is 677. The SMILES string of the molecule is Nc1ccc(Nc2ccc3c(c2)OC(F)(F)O3)c(F)c1. The second kappa shape index (κ2) is 4.22. The van der Waals surface area contributed by atoms with Crippen molar-refractivity contribution in [2.45, 2.75) is 6.29 Å². The molecule has 0 aromatic heterocycles. The van der Waals surface area contributed by atoms with E-state index >= 15 is 0 Å². The lowest BCUT2D eigenvalue weighted by Crippen LogP contribution is -2.25. The van der Waals surface area contributed by atoms with Gasteiger partial charge in [0.15, 0.2) is 11.5 Å². The molecule has 3 rings (SSSR count). The summed E-state index contributed by atoms with van der Waals surface area (Å²) < 4.78 is 47.9. The zero-order valence-corrected chi connectivity index (χ0v) is 9.99. The van der Waals surface area contributed by atoms with E-state index in [0.29, 0.717) is 11.4 Å². The minimum Gasteiger partial charge on any atom is -0.399 e. The van der Waals surface area contributed by atoms with Crippen LogP contribution in [0.25, 0.3) is 0 Å². The summed E-state index contributed by atoms with van der Waals surface area (Å²) in [6.45, 7) is 0. The summed E-state index contributed by atoms with van der Waals surface area (Å²) in [5.74, 6) is -0.734. The normalized spacial score (nSPS) is 15.2. The Morgan fingerprint density at radius 2 is 1.75 bits per heavy atom. The first-order valence-electron chi connectivity index (χ1n) is 5.65. The maximum Gasteiger partial charge on any atom is 0.586 e. The van der Waals surface area contributed by atoms with Gasteiger partial charge in [-0.1, -0.05) is 0 Å². The van der Waals surface area contributed by atoms with Gasteiger partial charge in [-0.2, -0.15) is 0 Å². The molecule has 0 saturated carbocycles. The summed E-state index contributed by atoms with van der Waals surface area (Å²) in [6.07, 6.45) is -3.67. The van der Waals surface area contributed by atoms with E-state index in [2.05, 4.69) is 14.8 Å². The van der Waals surface area contributed by atoms with Gasteiger partial charge in [0, 0.05) is 17.4 Å². The number of halogens is 3. The number of hydrogen-bond donors (Lipinski definition) is 2. The van der Waals surface area contributed by atoms with Crippen LogP contribution in [0.1, 0.15) is 0 Å². The van der Waals surface area contributed by atoms with Gasteiger partial charge in [0.25, 0.3) is 0 Å². The van der Waals surface area contributed by atoms with Crippen LogP contribution in [0, 0.1) is 5.82 Å². The van der Waals surface area contributed by atoms with Crippen molar-refractivity contribution in [1.29, 1.82) is 0 Å². The van der Waals surface area contributed by atoms with Gasteiger partial charge < -0.3 is 20.5 Å². The third kappa shape index (κ3) is 2.29. The highest BCUT2D eigenvalue weighted by Gasteiger charge is 2.43. The fraction of sp³-hybridized carbons (Fsp3) is 0.0769. The second-order valence-corrected chi connectivity index (χ2v) is 4.19. The average molecular weight is 282 g/mol. The largest absolute Gasteiger partial charge is 0.586 e. The van der Waals surface area contributed by atoms with Crippen LogP contribution in [0.3, 0.4) is 0 Å². The van der Waals surface area contributed by atoms with Crippen LogP contribution >= 0.6 is 0 Å². The van der Waals surface area contributed by atoms with Crippen LogP contribution < -0.4 is 20.5 Å². The highest BCUT2D eigenvalue weighted by molar-refractivity contribution is 5.65. The molecular formula is C13H9F3N2O2. The zero-order chi connectivity index (χ0) is 14.3. The molecule has 0 aliphatic carbocycles. The predicted octanol–water partition coefficient (Wildman–Crippen LogP) is 3.47. The summed E-state index contributed by atoms with van der Waals surface area (Å²) >= 11 is 0. The van der Waals surface area contributed by atoms with Crippen molar-refractivity contribution in [3.8, 4) is 11.5 Å². The molecule has 0 bridgehead atoms. The van der Waals surface area contributed by atoms with Crippen molar-refractivity contribution in [3.63, 3.8) is 0 Å². The van der Waals surface area contributed by atoms with Crippen molar-refractivity contribution >= 4 is 17.1 Å². The summed E-state index contributed by atoms with van der Waals surface area (Å²) in [6, 6.07) is 8.21. The predicted molar refractivity (Wildman–Crippen MR) is 66.7 cm³/mol. The number of hydrogen-bond acceptors (Lipinski definition) is 4. The van der Waals surface area contributed by atoms with E-state index in [-0.39, 0.29) is 17.2 Å². The first-order valence-corrected chi connectivity index (χ1v) is 5.65. The Hall–Kier alpha value is -2.57. The quantitative estimate of drug-likeness (QED) is 0.828. The molecule has 2 aromatic carbocycles. The molecule has 0 amide bonds. The molecule has 20 heavy (non-hydrogen) atoms. The van der Waals surface area contributed by atoms with Crippen LogP contribution in [-0.2, 0) is 0 Å². The molecule has 0 saturated heterocycles. The smallest absolute Gasteiger partial charge is 0.399 e. The molecule has 1 aliphatic heterocycles. The number of nitrogen functional groups attached to an aromatic ring is 1. The van der Waals surface area contributed by atoms with Crippen molar-refractivity contribution in [3.05, 3.63) is 42.2 Å². The van der Waals surface area contributed by atoms with E-state index in [1.807, 2.05) is 0 Å². The number of ether oxygens (including phenoxy) is 2. The van der Waals surface area contributed by atoms with E-state index < -0.39 is 12.1 Å². The molecule has 104 valence electrons. The van der Waals surface area contributed by atoms with E-state index in [1.165, 1.54) is 30.3 Å². The van der Waals surface area contributed by atoms with E-state index in [1.54, 1.807) is 0 Å². The number of fused-ring (bicyclic) bond motifs is 1. The van der Waals surface area contributed by atoms with E-state index in [4.69, 9.17) is 5.73 Å². The summed E-state index contributed by atoms with van der Waals surface area (Å²) in [5, 5.41) is 2.75. The van der Waals surface area contributed by atoms with E-state index in [0.717, 1.165) is 6.07 Å². The van der Waals surface area contributed by atoms with Crippen LogP contribution in [-0.4, -0.2) is 6.29 Å². The number of anilines is 3. The lowest BCUT2D eigenvalue weighted by molar-refractivity contribution is -0.286. The molecule has 0 unspecified atom stereocenters. The van der Waals surface area contributed by atoms with E-state index in [9.17, 15) is 13.2 Å². The third-order valence-electron chi connectivity index (χ3n) is 2.67. The summed E-state index contributed by atoms with van der Waals surface area (Å²) in [5.41, 5.74) is 6.28. The molecule has 0 spiro atoms. The molecule has 0 radical (unpaired) electrons. The summed E-state index contributed by atoms with van der Waals surface area (Å²) in [4.78, 5) is 0. The molecule has 2 aromatic rings. The number of alkyl halides is 2. The molecule has 3 N–H and O–H groups in total. The van der Waals surface area contributed by atoms with Gasteiger partial charge >= 0.3 is 6.29 Å². The average Bonchev–Trinajstić information content (AvgIpc) is 2.66. The Balaban J connectivity index is 1.86. The first-order chi connectivity index (χ1) is 9.43. The van der Waals surface area contributed by atoms with Crippen molar-refractivity contribution in [2.24, 2.45) is 0 Å². The zero-order valence-electron chi connectivity index (χ0n) is 9.99. The first kappa shape index (κ1) is 12.5. The van der Waals surface area contributed by atoms with Gasteiger partial charge in [0.1, 0.15) is 5.82 Å². The van der Waals surface area contributed by atoms with Crippen LogP contribution in [0.4, 0.5) is 30.2 Å². The Labute approximate surface area is 111 Å². The monoisotopic (exact) mass is 282 g/mol. The minimum atomic E-state index is -3.67. The maximum atomic E-state index is 13.6. The minimum absolute atomic E-state index is 0.0710. The molecule has 0 fully saturated rings. The highest BCUT2D eigenvalue weighted by Crippen LogP contribution is 2.42. The Morgan fingerprint density at radius 3 is 2.50 bits per heavy atom. The fourth-order valence-corrected chi connectivity index (χ4v) is 1.81. The maximum absolute atomic E-state index is 13.6. The number of benzene rings is 2. The lowest BCUT2D eigenvalue weighted by atomic mass is 10.2. The van der Waals surface area contributed by atoms with Crippen LogP contribution in [0.5, 0.6) is 11.5 Å². The van der Waals surface area contributed by atoms with Gasteiger partial charge in [0.2, 0.25) is 0 Å². The van der Waals surface area contributed by atoms with Crippen molar-refractivity contribution in [1.82, 2.24) is 0 Å². The molecular weight excluding hydrogens is 273 g/mol. The Kier molecular flexibility index (Phi) is 2.63. The molecule has 0 atom stereocenters. The molecule has 4 nitrogen and oxygen atoms in total. The van der Waals surface area contributed by atoms with Gasteiger partial charge in [0.05, 0.1) is 5.69 Å². The molecule has 1 heterocycles. The van der Waals surface area contributed by atoms with Crippen LogP contribution in [0.2, 0.25) is 0 Å². The van der Waals surface area contributed by atoms with Crippen molar-refractivity contribution < 1.29 is 22.6 Å². The van der Waals surface area contributed by atoms with Gasteiger partial charge in [-0.15, -0.1) is 8.78 Å². The molecule has 7 heteroatoms. The topological polar surface area (TPSA) is 56.5 Å². The third-order valence-corrected chi connectivity index (χ3v) is 2.67. The highest BCUT2D eigenvalue weighted by atomic mass is 19.3. The molecule has 1 aliphatic rings.